The van der Waals surface area contributed by atoms with Gasteiger partial charge in [0.25, 0.3) is 0 Å². The predicted octanol–water partition coefficient (Wildman–Crippen LogP) is 27.9. The first-order valence-electron chi connectivity index (χ1n) is 41.5. The summed E-state index contributed by atoms with van der Waals surface area (Å²) in [5.41, 5.74) is 20.7. The number of pyridine rings is 4. The fraction of sp³-hybridized carbons (Fsp3) is 0.371. The van der Waals surface area contributed by atoms with E-state index in [0.717, 1.165) is 96.4 Å². The van der Waals surface area contributed by atoms with Crippen LogP contribution >= 0.6 is 0 Å². The molecule has 8 aromatic carbocycles. The summed E-state index contributed by atoms with van der Waals surface area (Å²) >= 11 is 0. The normalized spacial score (nSPS) is 11.5. The van der Waals surface area contributed by atoms with E-state index in [0.29, 0.717) is 0 Å². The number of hydrogen-bond acceptors (Lipinski definition) is 8. The Morgan fingerprint density at radius 3 is 1.02 bits per heavy atom. The predicted molar refractivity (Wildman–Crippen MR) is 502 cm³/mol. The van der Waals surface area contributed by atoms with Crippen LogP contribution < -0.4 is 10.4 Å². The van der Waals surface area contributed by atoms with Crippen molar-refractivity contribution in [3.8, 4) is 45.0 Å². The number of Topliss-reactive ketones (excluding diaryl/α,β-unsaturated/α-hetero) is 2. The average Bonchev–Trinajstić information content (AvgIpc) is 0.793. The number of hydrogen-bond donors (Lipinski definition) is 1. The van der Waals surface area contributed by atoms with Gasteiger partial charge in [-0.05, 0) is 185 Å². The number of fused-ring (bicyclic) bond motifs is 4. The van der Waals surface area contributed by atoms with Crippen LogP contribution in [0.2, 0.25) is 39.3 Å². The van der Waals surface area contributed by atoms with E-state index in [9.17, 15) is 19.5 Å². The van der Waals surface area contributed by atoms with Crippen molar-refractivity contribution >= 4 is 87.0 Å². The van der Waals surface area contributed by atoms with Crippen molar-refractivity contribution in [2.24, 2.45) is 22.7 Å². The van der Waals surface area contributed by atoms with Crippen LogP contribution in [0.15, 0.2) is 194 Å². The van der Waals surface area contributed by atoms with Crippen LogP contribution in [0.4, 0.5) is 0 Å². The Labute approximate surface area is 714 Å². The van der Waals surface area contributed by atoms with Crippen molar-refractivity contribution in [2.45, 2.75) is 236 Å². The molecule has 0 aliphatic heterocycles. The topological polar surface area (TPSA) is 123 Å². The number of rotatable bonds is 21. The van der Waals surface area contributed by atoms with Crippen LogP contribution in [-0.2, 0) is 34.5 Å². The van der Waals surface area contributed by atoms with Gasteiger partial charge in [0.05, 0.1) is 34.0 Å². The van der Waals surface area contributed by atoms with Crippen molar-refractivity contribution in [3.63, 3.8) is 0 Å². The zero-order valence-electron chi connectivity index (χ0n) is 75.2. The number of aryl methyl sites for hydroxylation is 10. The Kier molecular flexibility index (Phi) is 37.0. The van der Waals surface area contributed by atoms with E-state index in [1.807, 2.05) is 94.0 Å². The van der Waals surface area contributed by atoms with Gasteiger partial charge in [-0.3, -0.25) is 24.4 Å². The molecule has 0 aliphatic rings. The van der Waals surface area contributed by atoms with Crippen molar-refractivity contribution < 1.29 is 39.6 Å². The van der Waals surface area contributed by atoms with E-state index in [1.54, 1.807) is 0 Å². The SMILES string of the molecule is CCC(CC)C(=O)C=C(O)C(C)(CC)CC.CCC(CC)C(=O)CC(=O)C(C)(CC)CC.Cc1[c-]c(-c2nccc3cc(C)ccc23)cc(C)c1.Cc1[c-]c(-c2nccc3cc([Si](C)(C)C)ccc23)cc(C)c1.Cc1cc(C)cc(-c2nccc3cc(C)ccc23)c1.Cc1cc(C)cc(-c2nccc3cc([Si](C)(C)C)ccc23)c1.[CH3-].[Ir+3]. The number of benzene rings is 8. The van der Waals surface area contributed by atoms with Gasteiger partial charge in [0.2, 0.25) is 0 Å². The van der Waals surface area contributed by atoms with Gasteiger partial charge in [0.15, 0.2) is 5.78 Å². The number of carbonyl (C=O) groups is 3. The van der Waals surface area contributed by atoms with Crippen LogP contribution in [0.3, 0.4) is 0 Å². The zero-order valence-corrected chi connectivity index (χ0v) is 79.6. The quantitative estimate of drug-likeness (QED) is 0.0248. The third-order valence-corrected chi connectivity index (χ3v) is 26.8. The van der Waals surface area contributed by atoms with E-state index in [-0.39, 0.29) is 79.7 Å². The van der Waals surface area contributed by atoms with Crippen LogP contribution in [0.25, 0.3) is 88.1 Å². The van der Waals surface area contributed by atoms with E-state index in [2.05, 4.69) is 298 Å². The fourth-order valence-electron chi connectivity index (χ4n) is 14.7. The van der Waals surface area contributed by atoms with Gasteiger partial charge in [-0.15, -0.1) is 69.8 Å². The molecule has 0 radical (unpaired) electrons. The molecule has 8 nitrogen and oxygen atoms in total. The van der Waals surface area contributed by atoms with Crippen LogP contribution in [0, 0.1) is 111 Å². The monoisotopic (exact) mass is 1760 g/mol. The third-order valence-electron chi connectivity index (χ3n) is 22.8. The summed E-state index contributed by atoms with van der Waals surface area (Å²) in [7, 11) is -2.58. The average molecular weight is 1760 g/mol. The molecule has 0 saturated heterocycles. The minimum atomic E-state index is -1.29. The molecule has 0 unspecified atom stereocenters. The molecule has 614 valence electrons. The molecular formula is C105H133IrN4O4Si2. The Morgan fingerprint density at radius 2 is 0.698 bits per heavy atom. The second-order valence-electron chi connectivity index (χ2n) is 34.3. The first-order chi connectivity index (χ1) is 53.8. The molecule has 4 aromatic heterocycles. The second-order valence-corrected chi connectivity index (χ2v) is 44.4. The van der Waals surface area contributed by atoms with E-state index >= 15 is 0 Å². The Morgan fingerprint density at radius 1 is 0.388 bits per heavy atom. The second kappa shape index (κ2) is 44.0. The smallest absolute Gasteiger partial charge is 0.512 e. The fourth-order valence-corrected chi connectivity index (χ4v) is 17.0. The number of aliphatic hydroxyl groups excluding tert-OH is 1. The molecule has 0 bridgehead atoms. The molecule has 116 heavy (non-hydrogen) atoms. The van der Waals surface area contributed by atoms with Gasteiger partial charge in [-0.2, -0.15) is 0 Å². The first-order valence-corrected chi connectivity index (χ1v) is 48.5. The molecule has 0 amide bonds. The van der Waals surface area contributed by atoms with Crippen LogP contribution in [-0.4, -0.2) is 58.5 Å². The molecule has 4 heterocycles. The summed E-state index contributed by atoms with van der Waals surface area (Å²) in [6.07, 6.45) is 15.9. The number of nitrogens with zero attached hydrogens (tertiary/aromatic N) is 4. The van der Waals surface area contributed by atoms with E-state index in [1.165, 1.54) is 115 Å². The van der Waals surface area contributed by atoms with Crippen molar-refractivity contribution in [2.75, 3.05) is 0 Å². The maximum atomic E-state index is 12.1. The van der Waals surface area contributed by atoms with E-state index in [4.69, 9.17) is 0 Å². The Hall–Kier alpha value is -8.97. The summed E-state index contributed by atoms with van der Waals surface area (Å²) in [6.45, 7) is 55.6. The molecule has 0 spiro atoms. The van der Waals surface area contributed by atoms with Crippen molar-refractivity contribution in [1.82, 2.24) is 19.9 Å². The maximum Gasteiger partial charge on any atom is 3.00 e. The molecule has 12 aromatic rings. The summed E-state index contributed by atoms with van der Waals surface area (Å²) in [4.78, 5) is 54.2. The molecular weight excluding hydrogens is 1630 g/mol. The van der Waals surface area contributed by atoms with Gasteiger partial charge in [-0.25, -0.2) is 0 Å². The number of carbonyl (C=O) groups excluding carboxylic acids is 3. The number of aliphatic hydroxyl groups is 1. The Balaban J connectivity index is 0.000000249. The number of allylic oxidation sites excluding steroid dienone is 2. The first kappa shape index (κ1) is 97.6. The van der Waals surface area contributed by atoms with Crippen molar-refractivity contribution in [3.05, 3.63) is 270 Å². The maximum absolute atomic E-state index is 12.1. The summed E-state index contributed by atoms with van der Waals surface area (Å²) in [5, 5.41) is 22.9. The van der Waals surface area contributed by atoms with Crippen LogP contribution in [0.5, 0.6) is 0 Å². The summed E-state index contributed by atoms with van der Waals surface area (Å²) in [6, 6.07) is 63.9. The molecule has 11 heteroatoms. The zero-order chi connectivity index (χ0) is 84.2. The largest absolute Gasteiger partial charge is 3.00 e. The third kappa shape index (κ3) is 26.5. The molecule has 0 fully saturated rings. The molecule has 0 aliphatic carbocycles. The molecule has 0 saturated carbocycles. The van der Waals surface area contributed by atoms with Gasteiger partial charge in [0, 0.05) is 75.4 Å². The van der Waals surface area contributed by atoms with Gasteiger partial charge in [0.1, 0.15) is 17.3 Å². The number of aromatic nitrogens is 4. The minimum absolute atomic E-state index is 0. The van der Waals surface area contributed by atoms with Crippen LogP contribution in [0.1, 0.15) is 183 Å². The van der Waals surface area contributed by atoms with E-state index < -0.39 is 16.1 Å². The Bertz CT molecular complexity index is 4980. The van der Waals surface area contributed by atoms with Crippen molar-refractivity contribution in [1.29, 1.82) is 0 Å². The minimum Gasteiger partial charge on any atom is -0.512 e. The molecule has 12 rings (SSSR count). The summed E-state index contributed by atoms with van der Waals surface area (Å²) < 4.78 is 0. The van der Waals surface area contributed by atoms with Gasteiger partial charge >= 0.3 is 20.1 Å². The van der Waals surface area contributed by atoms with Gasteiger partial charge < -0.3 is 22.5 Å². The number of ketones is 3. The molecule has 1 N–H and O–H groups in total. The molecule has 0 atom stereocenters. The summed E-state index contributed by atoms with van der Waals surface area (Å²) in [5.74, 6) is 0.685. The van der Waals surface area contributed by atoms with Gasteiger partial charge in [-0.1, -0.05) is 265 Å². The standard InChI is InChI=1S/C20H23NSi.C20H22NSi.C18H17N.C18H16N.2C14H26O2.CH3.Ir/c2*1-14-10-15(2)12-17(11-14)20-19-7-6-18(22(3,4)5)13-16(19)8-9-21-20;2*1-12-4-5-17-15(9-12)6-7-19-18(17)16-10-13(2)8-14(3)11-16;2*1-6-11(7-2)12(15)10-13(16)14(5,8-3)9-4;;/h6-13H,1-5H3;6-11,13H,1-5H3;4-11H,1-3H3;4-10H,1-3H3;11H,6-10H2,1-5H3;10-11,16H,6-9H2,1-5H3;1H3;/q;-1;;-1;;;-1;+3.